The Hall–Kier alpha value is -0.860. The van der Waals surface area contributed by atoms with E-state index in [9.17, 15) is 9.18 Å². The molecule has 1 heterocycles. The lowest BCUT2D eigenvalue weighted by Gasteiger charge is -2.17. The number of halogens is 1. The molecule has 56 valence electrons. The van der Waals surface area contributed by atoms with E-state index >= 15 is 0 Å². The third-order valence-electron chi connectivity index (χ3n) is 1.76. The first-order valence-corrected chi connectivity index (χ1v) is 3.05. The summed E-state index contributed by atoms with van der Waals surface area (Å²) >= 11 is 0. The van der Waals surface area contributed by atoms with Crippen molar-refractivity contribution in [1.82, 2.24) is 0 Å². The van der Waals surface area contributed by atoms with Crippen LogP contribution in [-0.4, -0.2) is 11.6 Å². The summed E-state index contributed by atoms with van der Waals surface area (Å²) in [6.45, 7) is 4.87. The molecule has 2 nitrogen and oxygen atoms in total. The molecule has 0 fully saturated rings. The molecule has 0 saturated heterocycles. The maximum atomic E-state index is 12.6. The second-order valence-electron chi connectivity index (χ2n) is 2.84. The molecule has 0 aliphatic carbocycles. The molecule has 1 rings (SSSR count). The monoisotopic (exact) mass is 144 g/mol. The van der Waals surface area contributed by atoms with Crippen molar-refractivity contribution in [3.63, 3.8) is 0 Å². The summed E-state index contributed by atoms with van der Waals surface area (Å²) in [5.74, 6) is -1.59. The van der Waals surface area contributed by atoms with Crippen molar-refractivity contribution in [3.05, 3.63) is 11.4 Å². The van der Waals surface area contributed by atoms with Crippen molar-refractivity contribution in [1.29, 1.82) is 0 Å². The Morgan fingerprint density at radius 3 is 2.10 bits per heavy atom. The van der Waals surface area contributed by atoms with Gasteiger partial charge in [-0.15, -0.1) is 0 Å². The quantitative estimate of drug-likeness (QED) is 0.482. The van der Waals surface area contributed by atoms with Gasteiger partial charge in [0.05, 0.1) is 0 Å². The number of hydrogen-bond donors (Lipinski definition) is 0. The molecule has 0 saturated carbocycles. The Balaban J connectivity index is 3.06. The highest BCUT2D eigenvalue weighted by Gasteiger charge is 2.38. The molecule has 0 unspecified atom stereocenters. The van der Waals surface area contributed by atoms with Crippen LogP contribution >= 0.6 is 0 Å². The van der Waals surface area contributed by atoms with Crippen LogP contribution in [0.25, 0.3) is 0 Å². The number of carbonyl (C=O) groups is 1. The van der Waals surface area contributed by atoms with Crippen LogP contribution < -0.4 is 0 Å². The highest BCUT2D eigenvalue weighted by molar-refractivity contribution is 5.90. The zero-order valence-corrected chi connectivity index (χ0v) is 6.19. The van der Waals surface area contributed by atoms with Gasteiger partial charge in [-0.05, 0) is 20.8 Å². The number of hydrogen-bond acceptors (Lipinski definition) is 2. The van der Waals surface area contributed by atoms with Gasteiger partial charge in [-0.25, -0.2) is 4.79 Å². The van der Waals surface area contributed by atoms with Gasteiger partial charge in [0.15, 0.2) is 0 Å². The third kappa shape index (κ3) is 0.818. The van der Waals surface area contributed by atoms with Gasteiger partial charge in [0.1, 0.15) is 5.60 Å². The predicted octanol–water partition coefficient (Wildman–Crippen LogP) is 1.57. The third-order valence-corrected chi connectivity index (χ3v) is 1.76. The summed E-state index contributed by atoms with van der Waals surface area (Å²) in [6.07, 6.45) is 0. The van der Waals surface area contributed by atoms with Crippen molar-refractivity contribution < 1.29 is 13.9 Å². The van der Waals surface area contributed by atoms with E-state index in [4.69, 9.17) is 0 Å². The van der Waals surface area contributed by atoms with Gasteiger partial charge in [-0.2, -0.15) is 4.39 Å². The van der Waals surface area contributed by atoms with Gasteiger partial charge in [0.25, 0.3) is 0 Å². The molecule has 3 heteroatoms. The number of cyclic esters (lactones) is 1. The SMILES string of the molecule is CC1=C(F)C(=O)OC1(C)C. The summed E-state index contributed by atoms with van der Waals surface area (Å²) in [6, 6.07) is 0. The molecule has 0 aromatic rings. The second kappa shape index (κ2) is 1.81. The summed E-state index contributed by atoms with van der Waals surface area (Å²) in [7, 11) is 0. The minimum absolute atomic E-state index is 0.373. The Morgan fingerprint density at radius 2 is 2.00 bits per heavy atom. The molecule has 0 amide bonds. The molecular formula is C7H9FO2. The number of carbonyl (C=O) groups excluding carboxylic acids is 1. The van der Waals surface area contributed by atoms with Gasteiger partial charge in [0.2, 0.25) is 5.83 Å². The van der Waals surface area contributed by atoms with Crippen LogP contribution in [0.2, 0.25) is 0 Å². The van der Waals surface area contributed by atoms with E-state index in [2.05, 4.69) is 4.74 Å². The Morgan fingerprint density at radius 1 is 1.50 bits per heavy atom. The first-order valence-electron chi connectivity index (χ1n) is 3.05. The highest BCUT2D eigenvalue weighted by Crippen LogP contribution is 2.31. The summed E-state index contributed by atoms with van der Waals surface area (Å²) in [4.78, 5) is 10.5. The summed E-state index contributed by atoms with van der Waals surface area (Å²) in [5, 5.41) is 0. The molecule has 1 aliphatic rings. The standard InChI is InChI=1S/C7H9FO2/c1-4-5(8)6(9)10-7(4,2)3/h1-3H3. The van der Waals surface area contributed by atoms with Gasteiger partial charge in [-0.3, -0.25) is 0 Å². The van der Waals surface area contributed by atoms with Crippen LogP contribution in [0.4, 0.5) is 4.39 Å². The smallest absolute Gasteiger partial charge is 0.368 e. The van der Waals surface area contributed by atoms with E-state index in [1.165, 1.54) is 0 Å². The van der Waals surface area contributed by atoms with Crippen molar-refractivity contribution in [2.75, 3.05) is 0 Å². The molecule has 0 aromatic carbocycles. The van der Waals surface area contributed by atoms with Gasteiger partial charge < -0.3 is 4.74 Å². The molecule has 10 heavy (non-hydrogen) atoms. The number of esters is 1. The van der Waals surface area contributed by atoms with Crippen molar-refractivity contribution in [2.45, 2.75) is 26.4 Å². The molecule has 0 spiro atoms. The van der Waals surface area contributed by atoms with Crippen LogP contribution in [0.1, 0.15) is 20.8 Å². The molecule has 0 aromatic heterocycles. The number of ether oxygens (including phenoxy) is 1. The molecule has 0 N–H and O–H groups in total. The fourth-order valence-electron chi connectivity index (χ4n) is 0.770. The first-order chi connectivity index (χ1) is 4.45. The van der Waals surface area contributed by atoms with E-state index in [0.29, 0.717) is 5.57 Å². The zero-order valence-electron chi connectivity index (χ0n) is 6.19. The minimum atomic E-state index is -0.845. The molecule has 0 bridgehead atoms. The minimum Gasteiger partial charge on any atom is -0.450 e. The van der Waals surface area contributed by atoms with Gasteiger partial charge in [-0.1, -0.05) is 0 Å². The first kappa shape index (κ1) is 7.25. The van der Waals surface area contributed by atoms with Gasteiger partial charge >= 0.3 is 5.97 Å². The highest BCUT2D eigenvalue weighted by atomic mass is 19.1. The predicted molar refractivity (Wildman–Crippen MR) is 34.0 cm³/mol. The largest absolute Gasteiger partial charge is 0.450 e. The van der Waals surface area contributed by atoms with E-state index < -0.39 is 17.4 Å². The van der Waals surface area contributed by atoms with E-state index in [0.717, 1.165) is 0 Å². The number of rotatable bonds is 0. The van der Waals surface area contributed by atoms with E-state index in [-0.39, 0.29) is 0 Å². The van der Waals surface area contributed by atoms with Crippen LogP contribution in [0, 0.1) is 0 Å². The van der Waals surface area contributed by atoms with Gasteiger partial charge in [0, 0.05) is 5.57 Å². The van der Waals surface area contributed by atoms with Crippen LogP contribution in [0.5, 0.6) is 0 Å². The van der Waals surface area contributed by atoms with Crippen LogP contribution in [0.3, 0.4) is 0 Å². The maximum absolute atomic E-state index is 12.6. The Bertz CT molecular complexity index is 216. The molecular weight excluding hydrogens is 135 g/mol. The van der Waals surface area contributed by atoms with Crippen LogP contribution in [0.15, 0.2) is 11.4 Å². The van der Waals surface area contributed by atoms with Crippen molar-refractivity contribution >= 4 is 5.97 Å². The fourth-order valence-corrected chi connectivity index (χ4v) is 0.770. The normalized spacial score (nSPS) is 23.4. The summed E-state index contributed by atoms with van der Waals surface area (Å²) in [5.41, 5.74) is -0.376. The van der Waals surface area contributed by atoms with E-state index in [1.54, 1.807) is 20.8 Å². The average molecular weight is 144 g/mol. The fraction of sp³-hybridized carbons (Fsp3) is 0.571. The lowest BCUT2D eigenvalue weighted by atomic mass is 10.0. The Labute approximate surface area is 58.7 Å². The lowest BCUT2D eigenvalue weighted by molar-refractivity contribution is -0.145. The zero-order chi connectivity index (χ0) is 7.94. The van der Waals surface area contributed by atoms with Crippen molar-refractivity contribution in [3.8, 4) is 0 Å². The molecule has 0 radical (unpaired) electrons. The molecule has 0 atom stereocenters. The van der Waals surface area contributed by atoms with Crippen molar-refractivity contribution in [2.24, 2.45) is 0 Å². The maximum Gasteiger partial charge on any atom is 0.368 e. The van der Waals surface area contributed by atoms with E-state index in [1.807, 2.05) is 0 Å². The summed E-state index contributed by atoms with van der Waals surface area (Å²) < 4.78 is 17.3. The average Bonchev–Trinajstić information content (AvgIpc) is 1.95. The topological polar surface area (TPSA) is 26.3 Å². The second-order valence-corrected chi connectivity index (χ2v) is 2.84. The lowest BCUT2D eigenvalue weighted by Crippen LogP contribution is -2.21. The Kier molecular flexibility index (Phi) is 1.31. The van der Waals surface area contributed by atoms with Crippen LogP contribution in [-0.2, 0) is 9.53 Å². The molecule has 1 aliphatic heterocycles.